The smallest absolute Gasteiger partial charge is 0.248 e. The molecule has 0 aliphatic heterocycles. The molecule has 2 aromatic rings. The van der Waals surface area contributed by atoms with E-state index in [0.29, 0.717) is 5.92 Å². The first-order chi connectivity index (χ1) is 10.6. The van der Waals surface area contributed by atoms with Gasteiger partial charge >= 0.3 is 0 Å². The lowest BCUT2D eigenvalue weighted by Crippen LogP contribution is -2.08. The molecule has 0 saturated heterocycles. The van der Waals surface area contributed by atoms with Crippen molar-refractivity contribution < 1.29 is 9.53 Å². The first-order valence-electron chi connectivity index (χ1n) is 7.31. The molecule has 0 unspecified atom stereocenters. The molecule has 0 saturated carbocycles. The van der Waals surface area contributed by atoms with Crippen molar-refractivity contribution in [3.05, 3.63) is 65.7 Å². The maximum absolute atomic E-state index is 12.0. The van der Waals surface area contributed by atoms with E-state index in [0.717, 1.165) is 17.0 Å². The summed E-state index contributed by atoms with van der Waals surface area (Å²) in [5.41, 5.74) is 2.94. The van der Waals surface area contributed by atoms with Gasteiger partial charge in [0.05, 0.1) is 7.11 Å². The van der Waals surface area contributed by atoms with Gasteiger partial charge < -0.3 is 10.1 Å². The zero-order valence-electron chi connectivity index (χ0n) is 13.2. The third-order valence-corrected chi connectivity index (χ3v) is 3.34. The van der Waals surface area contributed by atoms with Crippen LogP contribution in [0.4, 0.5) is 5.69 Å². The molecule has 0 atom stereocenters. The second kappa shape index (κ2) is 7.46. The molecule has 0 aliphatic rings. The summed E-state index contributed by atoms with van der Waals surface area (Å²) in [4.78, 5) is 12.0. The topological polar surface area (TPSA) is 38.3 Å². The molecule has 2 aromatic carbocycles. The van der Waals surface area contributed by atoms with Crippen molar-refractivity contribution in [2.24, 2.45) is 0 Å². The molecule has 0 aromatic heterocycles. The Kier molecular flexibility index (Phi) is 5.37. The van der Waals surface area contributed by atoms with Crippen molar-refractivity contribution in [1.29, 1.82) is 0 Å². The minimum absolute atomic E-state index is 0.149. The molecular weight excluding hydrogens is 274 g/mol. The summed E-state index contributed by atoms with van der Waals surface area (Å²) in [5.74, 6) is 1.06. The number of benzene rings is 2. The van der Waals surface area contributed by atoms with Gasteiger partial charge in [-0.15, -0.1) is 0 Å². The van der Waals surface area contributed by atoms with E-state index in [1.807, 2.05) is 42.5 Å². The summed E-state index contributed by atoms with van der Waals surface area (Å²) >= 11 is 0. The van der Waals surface area contributed by atoms with Gasteiger partial charge in [0.25, 0.3) is 0 Å². The second-order valence-corrected chi connectivity index (χ2v) is 5.38. The van der Waals surface area contributed by atoms with Crippen molar-refractivity contribution in [3.63, 3.8) is 0 Å². The molecule has 0 aliphatic carbocycles. The molecule has 0 fully saturated rings. The van der Waals surface area contributed by atoms with Crippen LogP contribution in [0.2, 0.25) is 0 Å². The summed E-state index contributed by atoms with van der Waals surface area (Å²) in [6.45, 7) is 4.26. The van der Waals surface area contributed by atoms with Gasteiger partial charge in [-0.2, -0.15) is 0 Å². The number of amides is 1. The molecular formula is C19H21NO2. The van der Waals surface area contributed by atoms with Gasteiger partial charge in [-0.3, -0.25) is 4.79 Å². The molecule has 3 heteroatoms. The molecule has 1 amide bonds. The number of rotatable bonds is 5. The number of anilines is 1. The third kappa shape index (κ3) is 4.48. The minimum Gasteiger partial charge on any atom is -0.497 e. The highest BCUT2D eigenvalue weighted by Crippen LogP contribution is 2.18. The van der Waals surface area contributed by atoms with Gasteiger partial charge in [0.15, 0.2) is 0 Å². The number of ether oxygens (including phenoxy) is 1. The highest BCUT2D eigenvalue weighted by Gasteiger charge is 2.02. The Hall–Kier alpha value is -2.55. The van der Waals surface area contributed by atoms with Crippen molar-refractivity contribution in [2.45, 2.75) is 19.8 Å². The van der Waals surface area contributed by atoms with Crippen molar-refractivity contribution in [2.75, 3.05) is 12.4 Å². The molecule has 2 rings (SSSR count). The highest BCUT2D eigenvalue weighted by atomic mass is 16.5. The molecule has 0 radical (unpaired) electrons. The van der Waals surface area contributed by atoms with E-state index in [9.17, 15) is 4.79 Å². The van der Waals surface area contributed by atoms with E-state index in [4.69, 9.17) is 4.74 Å². The number of hydrogen-bond acceptors (Lipinski definition) is 2. The molecule has 0 spiro atoms. The molecule has 1 N–H and O–H groups in total. The second-order valence-electron chi connectivity index (χ2n) is 5.38. The number of hydrogen-bond donors (Lipinski definition) is 1. The summed E-state index contributed by atoms with van der Waals surface area (Å²) in [6.07, 6.45) is 3.29. The quantitative estimate of drug-likeness (QED) is 0.826. The van der Waals surface area contributed by atoms with Crippen LogP contribution in [0, 0.1) is 0 Å². The first kappa shape index (κ1) is 15.8. The Bertz CT molecular complexity index is 675. The fraction of sp³-hybridized carbons (Fsp3) is 0.211. The lowest BCUT2D eigenvalue weighted by molar-refractivity contribution is -0.111. The summed E-state index contributed by atoms with van der Waals surface area (Å²) in [5, 5.41) is 2.88. The van der Waals surface area contributed by atoms with Crippen LogP contribution in [0.3, 0.4) is 0 Å². The van der Waals surface area contributed by atoms with Gasteiger partial charge in [0, 0.05) is 11.8 Å². The van der Waals surface area contributed by atoms with Gasteiger partial charge in [-0.25, -0.2) is 0 Å². The number of methoxy groups -OCH3 is 1. The average Bonchev–Trinajstić information content (AvgIpc) is 2.53. The van der Waals surface area contributed by atoms with Gasteiger partial charge in [-0.05, 0) is 47.4 Å². The van der Waals surface area contributed by atoms with Gasteiger partial charge in [0.1, 0.15) is 5.75 Å². The predicted octanol–water partition coefficient (Wildman–Crippen LogP) is 4.47. The van der Waals surface area contributed by atoms with Gasteiger partial charge in [-0.1, -0.05) is 38.1 Å². The molecule has 114 valence electrons. The standard InChI is InChI=1S/C19H21NO2/c1-14(2)16-7-5-8-17(13-16)20-19(21)11-10-15-6-4-9-18(12-15)22-3/h4-14H,1-3H3,(H,20,21). The van der Waals surface area contributed by atoms with E-state index in [-0.39, 0.29) is 5.91 Å². The normalized spacial score (nSPS) is 10.9. The minimum atomic E-state index is -0.149. The van der Waals surface area contributed by atoms with Crippen molar-refractivity contribution >= 4 is 17.7 Å². The Balaban J connectivity index is 2.03. The van der Waals surface area contributed by atoms with Crippen molar-refractivity contribution in [3.8, 4) is 5.75 Å². The van der Waals surface area contributed by atoms with Crippen LogP contribution >= 0.6 is 0 Å². The van der Waals surface area contributed by atoms with Crippen molar-refractivity contribution in [1.82, 2.24) is 0 Å². The summed E-state index contributed by atoms with van der Waals surface area (Å²) in [6, 6.07) is 15.5. The monoisotopic (exact) mass is 295 g/mol. The molecule has 0 heterocycles. The van der Waals surface area contributed by atoms with E-state index < -0.39 is 0 Å². The summed E-state index contributed by atoms with van der Waals surface area (Å²) < 4.78 is 5.16. The number of carbonyl (C=O) groups is 1. The number of carbonyl (C=O) groups excluding carboxylic acids is 1. The van der Waals surface area contributed by atoms with Crippen LogP contribution in [-0.4, -0.2) is 13.0 Å². The van der Waals surface area contributed by atoms with Crippen LogP contribution < -0.4 is 10.1 Å². The lowest BCUT2D eigenvalue weighted by Gasteiger charge is -2.08. The van der Waals surface area contributed by atoms with Gasteiger partial charge in [0.2, 0.25) is 5.91 Å². The highest BCUT2D eigenvalue weighted by molar-refractivity contribution is 6.01. The SMILES string of the molecule is COc1cccc(C=CC(=O)Nc2cccc(C(C)C)c2)c1. The van der Waals surface area contributed by atoms with E-state index in [1.54, 1.807) is 13.2 Å². The van der Waals surface area contributed by atoms with E-state index in [2.05, 4.69) is 25.2 Å². The van der Waals surface area contributed by atoms with Crippen LogP contribution in [-0.2, 0) is 4.79 Å². The lowest BCUT2D eigenvalue weighted by atomic mass is 10.0. The summed E-state index contributed by atoms with van der Waals surface area (Å²) in [7, 11) is 1.62. The number of nitrogens with one attached hydrogen (secondary N) is 1. The van der Waals surface area contributed by atoms with E-state index in [1.165, 1.54) is 11.6 Å². The fourth-order valence-corrected chi connectivity index (χ4v) is 2.08. The van der Waals surface area contributed by atoms with Crippen LogP contribution in [0.1, 0.15) is 30.9 Å². The third-order valence-electron chi connectivity index (χ3n) is 3.34. The molecule has 22 heavy (non-hydrogen) atoms. The molecule has 0 bridgehead atoms. The molecule has 3 nitrogen and oxygen atoms in total. The first-order valence-corrected chi connectivity index (χ1v) is 7.31. The Labute approximate surface area is 131 Å². The Morgan fingerprint density at radius 2 is 1.91 bits per heavy atom. The average molecular weight is 295 g/mol. The van der Waals surface area contributed by atoms with Crippen LogP contribution in [0.15, 0.2) is 54.6 Å². The zero-order chi connectivity index (χ0) is 15.9. The van der Waals surface area contributed by atoms with E-state index >= 15 is 0 Å². The predicted molar refractivity (Wildman–Crippen MR) is 91.2 cm³/mol. The fourth-order valence-electron chi connectivity index (χ4n) is 2.08. The maximum Gasteiger partial charge on any atom is 0.248 e. The van der Waals surface area contributed by atoms with Crippen LogP contribution in [0.25, 0.3) is 6.08 Å². The maximum atomic E-state index is 12.0. The Morgan fingerprint density at radius 1 is 1.14 bits per heavy atom. The Morgan fingerprint density at radius 3 is 2.64 bits per heavy atom. The largest absolute Gasteiger partial charge is 0.497 e. The zero-order valence-corrected chi connectivity index (χ0v) is 13.2. The van der Waals surface area contributed by atoms with Crippen LogP contribution in [0.5, 0.6) is 5.75 Å².